The van der Waals surface area contributed by atoms with Crippen LogP contribution in [0.5, 0.6) is 0 Å². The van der Waals surface area contributed by atoms with Crippen LogP contribution in [0, 0.1) is 11.3 Å². The Labute approximate surface area is 181 Å². The molecule has 0 aromatic heterocycles. The van der Waals surface area contributed by atoms with Crippen LogP contribution in [0.3, 0.4) is 0 Å². The van der Waals surface area contributed by atoms with Crippen molar-refractivity contribution in [1.82, 2.24) is 0 Å². The van der Waals surface area contributed by atoms with Crippen LogP contribution in [0.15, 0.2) is 42.0 Å². The molecule has 1 aliphatic heterocycles. The molecular weight excluding hydrogens is 405 g/mol. The van der Waals surface area contributed by atoms with E-state index in [-0.39, 0.29) is 11.1 Å². The average molecular weight is 428 g/mol. The molecule has 3 rings (SSSR count). The van der Waals surface area contributed by atoms with E-state index in [4.69, 9.17) is 23.2 Å². The summed E-state index contributed by atoms with van der Waals surface area (Å²) in [7, 11) is 2.07. The summed E-state index contributed by atoms with van der Waals surface area (Å²) in [5.74, 6) is -0.165. The lowest BCUT2D eigenvalue weighted by Crippen LogP contribution is -2.45. The Morgan fingerprint density at radius 2 is 2.03 bits per heavy atom. The van der Waals surface area contributed by atoms with E-state index >= 15 is 0 Å². The topological polar surface area (TPSA) is 56.1 Å². The quantitative estimate of drug-likeness (QED) is 0.464. The molecule has 4 nitrogen and oxygen atoms in total. The summed E-state index contributed by atoms with van der Waals surface area (Å²) in [6.07, 6.45) is 2.54. The molecule has 0 radical (unpaired) electrons. The molecule has 150 valence electrons. The van der Waals surface area contributed by atoms with Crippen molar-refractivity contribution in [3.63, 3.8) is 0 Å². The number of hydrogen-bond donors (Lipinski definition) is 1. The van der Waals surface area contributed by atoms with E-state index in [2.05, 4.69) is 38.0 Å². The van der Waals surface area contributed by atoms with Gasteiger partial charge in [-0.1, -0.05) is 36.2 Å². The van der Waals surface area contributed by atoms with Crippen LogP contribution in [0.2, 0.25) is 10.0 Å². The van der Waals surface area contributed by atoms with Crippen LogP contribution >= 0.6 is 23.2 Å². The number of amides is 1. The second-order valence-corrected chi connectivity index (χ2v) is 8.89. The van der Waals surface area contributed by atoms with E-state index in [0.717, 1.165) is 17.7 Å². The molecular formula is C23H23Cl2N3O. The van der Waals surface area contributed by atoms with Crippen molar-refractivity contribution in [2.45, 2.75) is 38.6 Å². The normalized spacial score (nSPS) is 18.0. The first-order chi connectivity index (χ1) is 13.6. The number of hydrogen-bond acceptors (Lipinski definition) is 3. The third kappa shape index (κ3) is 4.42. The maximum Gasteiger partial charge on any atom is 0.266 e. The number of fused-ring (bicyclic) bond motifs is 1. The molecule has 0 bridgehead atoms. The van der Waals surface area contributed by atoms with E-state index in [1.165, 1.54) is 6.08 Å². The van der Waals surface area contributed by atoms with Crippen LogP contribution in [-0.4, -0.2) is 18.5 Å². The second kappa shape index (κ2) is 8.10. The Kier molecular flexibility index (Phi) is 5.93. The maximum atomic E-state index is 12.6. The number of benzene rings is 2. The zero-order valence-corrected chi connectivity index (χ0v) is 18.4. The molecule has 1 amide bonds. The van der Waals surface area contributed by atoms with Gasteiger partial charge in [0.2, 0.25) is 0 Å². The van der Waals surface area contributed by atoms with Gasteiger partial charge in [-0.25, -0.2) is 0 Å². The number of rotatable bonds is 3. The number of carbonyl (C=O) groups is 1. The van der Waals surface area contributed by atoms with Crippen molar-refractivity contribution in [2.24, 2.45) is 0 Å². The fraction of sp³-hybridized carbons (Fsp3) is 0.304. The van der Waals surface area contributed by atoms with Crippen molar-refractivity contribution in [2.75, 3.05) is 17.3 Å². The smallest absolute Gasteiger partial charge is 0.266 e. The Morgan fingerprint density at radius 3 is 2.69 bits per heavy atom. The van der Waals surface area contributed by atoms with Gasteiger partial charge in [0.1, 0.15) is 11.6 Å². The number of carbonyl (C=O) groups excluding carboxylic acids is 1. The number of halogens is 2. The molecule has 0 spiro atoms. The number of nitriles is 1. The Bertz CT molecular complexity index is 1040. The first-order valence-corrected chi connectivity index (χ1v) is 10.1. The Balaban J connectivity index is 1.95. The van der Waals surface area contributed by atoms with Gasteiger partial charge in [0.05, 0.1) is 0 Å². The molecule has 0 fully saturated rings. The summed E-state index contributed by atoms with van der Waals surface area (Å²) in [5, 5.41) is 13.2. The first-order valence-electron chi connectivity index (χ1n) is 9.38. The molecule has 1 heterocycles. The number of nitrogens with one attached hydrogen (secondary N) is 1. The first kappa shape index (κ1) is 21.2. The van der Waals surface area contributed by atoms with Crippen molar-refractivity contribution in [3.8, 4) is 6.07 Å². The molecule has 1 atom stereocenters. The summed E-state index contributed by atoms with van der Waals surface area (Å²) in [4.78, 5) is 14.8. The van der Waals surface area contributed by atoms with Gasteiger partial charge in [0.25, 0.3) is 5.91 Å². The average Bonchev–Trinajstić information content (AvgIpc) is 2.64. The third-order valence-corrected chi connectivity index (χ3v) is 6.06. The van der Waals surface area contributed by atoms with E-state index in [0.29, 0.717) is 27.2 Å². The molecule has 1 aliphatic rings. The number of nitrogens with zero attached hydrogens (tertiary/aromatic N) is 2. The summed E-state index contributed by atoms with van der Waals surface area (Å²) < 4.78 is 0. The van der Waals surface area contributed by atoms with Crippen molar-refractivity contribution in [3.05, 3.63) is 63.1 Å². The summed E-state index contributed by atoms with van der Waals surface area (Å²) in [6.45, 7) is 6.61. The minimum Gasteiger partial charge on any atom is -0.369 e. The minimum absolute atomic E-state index is 0.0241. The van der Waals surface area contributed by atoms with Gasteiger partial charge in [-0.15, -0.1) is 0 Å². The molecule has 0 saturated heterocycles. The fourth-order valence-corrected chi connectivity index (χ4v) is 4.19. The Hall–Kier alpha value is -2.48. The van der Waals surface area contributed by atoms with Crippen LogP contribution in [0.4, 0.5) is 11.4 Å². The van der Waals surface area contributed by atoms with E-state index in [1.54, 1.807) is 24.3 Å². The van der Waals surface area contributed by atoms with E-state index in [1.807, 2.05) is 18.2 Å². The molecule has 2 aromatic rings. The van der Waals surface area contributed by atoms with Gasteiger partial charge in [-0.05, 0) is 73.7 Å². The maximum absolute atomic E-state index is 12.6. The fourth-order valence-electron chi connectivity index (χ4n) is 3.78. The molecule has 2 aromatic carbocycles. The van der Waals surface area contributed by atoms with Crippen molar-refractivity contribution < 1.29 is 4.79 Å². The summed E-state index contributed by atoms with van der Waals surface area (Å²) in [5.41, 5.74) is 3.43. The van der Waals surface area contributed by atoms with Gasteiger partial charge in [-0.3, -0.25) is 4.79 Å². The predicted molar refractivity (Wildman–Crippen MR) is 121 cm³/mol. The standard InChI is InChI=1S/C23H23Cl2N3O/c1-14-12-23(2,3)28(4)21-11-20(25)15(9-19(14)21)8-16(13-26)22(29)27-18-7-5-6-17(24)10-18/h5-11,14H,12H2,1-4H3,(H,27,29)/b16-8-/t14-/m1/s1. The van der Waals surface area contributed by atoms with Gasteiger partial charge < -0.3 is 10.2 Å². The highest BCUT2D eigenvalue weighted by Gasteiger charge is 2.34. The SMILES string of the molecule is C[C@@H]1CC(C)(C)N(C)c2cc(Cl)c(/C=C(/C#N)C(=O)Nc3cccc(Cl)c3)cc21. The highest BCUT2D eigenvalue weighted by Crippen LogP contribution is 2.44. The molecule has 0 aliphatic carbocycles. The molecule has 6 heteroatoms. The largest absolute Gasteiger partial charge is 0.369 e. The summed E-state index contributed by atoms with van der Waals surface area (Å²) >= 11 is 12.5. The molecule has 29 heavy (non-hydrogen) atoms. The lowest BCUT2D eigenvalue weighted by atomic mass is 9.80. The summed E-state index contributed by atoms with van der Waals surface area (Å²) in [6, 6.07) is 12.7. The van der Waals surface area contributed by atoms with Gasteiger partial charge >= 0.3 is 0 Å². The van der Waals surface area contributed by atoms with Crippen molar-refractivity contribution >= 4 is 46.6 Å². The van der Waals surface area contributed by atoms with Crippen LogP contribution in [0.1, 0.15) is 44.2 Å². The van der Waals surface area contributed by atoms with Crippen molar-refractivity contribution in [1.29, 1.82) is 5.26 Å². The van der Waals surface area contributed by atoms with Crippen LogP contribution in [0.25, 0.3) is 6.08 Å². The van der Waals surface area contributed by atoms with Crippen LogP contribution in [-0.2, 0) is 4.79 Å². The second-order valence-electron chi connectivity index (χ2n) is 8.04. The minimum atomic E-state index is -0.505. The lowest BCUT2D eigenvalue weighted by molar-refractivity contribution is -0.112. The van der Waals surface area contributed by atoms with Crippen LogP contribution < -0.4 is 10.2 Å². The Morgan fingerprint density at radius 1 is 1.31 bits per heavy atom. The highest BCUT2D eigenvalue weighted by atomic mass is 35.5. The van der Waals surface area contributed by atoms with Gasteiger partial charge in [0, 0.05) is 34.0 Å². The van der Waals surface area contributed by atoms with E-state index in [9.17, 15) is 10.1 Å². The predicted octanol–water partition coefficient (Wildman–Crippen LogP) is 6.26. The molecule has 0 unspecified atom stereocenters. The molecule has 0 saturated carbocycles. The third-order valence-electron chi connectivity index (χ3n) is 5.50. The zero-order valence-electron chi connectivity index (χ0n) is 16.9. The monoisotopic (exact) mass is 427 g/mol. The zero-order chi connectivity index (χ0) is 21.3. The van der Waals surface area contributed by atoms with Gasteiger partial charge in [0.15, 0.2) is 0 Å². The molecule has 1 N–H and O–H groups in total. The lowest BCUT2D eigenvalue weighted by Gasteiger charge is -2.45. The number of anilines is 2. The van der Waals surface area contributed by atoms with Gasteiger partial charge in [-0.2, -0.15) is 5.26 Å². The highest BCUT2D eigenvalue weighted by molar-refractivity contribution is 6.32. The van der Waals surface area contributed by atoms with E-state index < -0.39 is 5.91 Å².